The predicted octanol–water partition coefficient (Wildman–Crippen LogP) is 2.54. The number of carboxylic acids is 2. The second kappa shape index (κ2) is 4.96. The minimum absolute atomic E-state index is 0.0122. The monoisotopic (exact) mass is 300 g/mol. The summed E-state index contributed by atoms with van der Waals surface area (Å²) in [5.74, 6) is -2.79. The Morgan fingerprint density at radius 2 is 1.73 bits per heavy atom. The van der Waals surface area contributed by atoms with Gasteiger partial charge in [-0.25, -0.2) is 19.0 Å². The molecule has 1 aromatic carbocycles. The zero-order valence-corrected chi connectivity index (χ0v) is 11.0. The Balaban J connectivity index is 2.38. The zero-order valence-electron chi connectivity index (χ0n) is 11.0. The van der Waals surface area contributed by atoms with Crippen LogP contribution in [0.25, 0.3) is 16.9 Å². The number of hydrogen-bond donors (Lipinski definition) is 2. The number of carboxylic acid groups (broad SMARTS) is 2. The van der Waals surface area contributed by atoms with Crippen LogP contribution >= 0.6 is 0 Å². The van der Waals surface area contributed by atoms with Gasteiger partial charge in [-0.3, -0.25) is 4.40 Å². The largest absolute Gasteiger partial charge is 0.478 e. The summed E-state index contributed by atoms with van der Waals surface area (Å²) < 4.78 is 14.4. The number of aromatic carboxylic acids is 2. The smallest absolute Gasteiger partial charge is 0.356 e. The first kappa shape index (κ1) is 13.7. The molecule has 0 atom stereocenters. The molecule has 0 aliphatic heterocycles. The molecule has 0 unspecified atom stereocenters. The van der Waals surface area contributed by atoms with E-state index in [1.165, 1.54) is 47.0 Å². The SMILES string of the molecule is O=C(O)c1cccn2c(-c3ccc(F)cc3)nc(C(=O)O)c12. The number of rotatable bonds is 3. The quantitative estimate of drug-likeness (QED) is 0.775. The Labute approximate surface area is 123 Å². The lowest BCUT2D eigenvalue weighted by atomic mass is 10.2. The van der Waals surface area contributed by atoms with Crippen molar-refractivity contribution in [2.24, 2.45) is 0 Å². The van der Waals surface area contributed by atoms with Crippen LogP contribution < -0.4 is 0 Å². The number of pyridine rings is 1. The van der Waals surface area contributed by atoms with Gasteiger partial charge in [0, 0.05) is 11.8 Å². The Morgan fingerprint density at radius 1 is 1.05 bits per heavy atom. The van der Waals surface area contributed by atoms with Crippen LogP contribution in [0.15, 0.2) is 42.6 Å². The Bertz CT molecular complexity index is 900. The summed E-state index contributed by atoms with van der Waals surface area (Å²) >= 11 is 0. The lowest BCUT2D eigenvalue weighted by molar-refractivity contribution is 0.0691. The highest BCUT2D eigenvalue weighted by Crippen LogP contribution is 2.25. The standard InChI is InChI=1S/C15H9FN2O4/c16-9-5-3-8(4-6-9)13-17-11(15(21)22)12-10(14(19)20)2-1-7-18(12)13/h1-7H,(H,19,20)(H,21,22). The van der Waals surface area contributed by atoms with E-state index in [1.807, 2.05) is 0 Å². The van der Waals surface area contributed by atoms with Gasteiger partial charge < -0.3 is 10.2 Å². The molecule has 110 valence electrons. The van der Waals surface area contributed by atoms with Crippen molar-refractivity contribution in [3.05, 3.63) is 59.7 Å². The number of benzene rings is 1. The molecule has 2 heterocycles. The van der Waals surface area contributed by atoms with Crippen molar-refractivity contribution in [3.8, 4) is 11.4 Å². The fraction of sp³-hybridized carbons (Fsp3) is 0. The molecule has 22 heavy (non-hydrogen) atoms. The van der Waals surface area contributed by atoms with Crippen LogP contribution in [0.1, 0.15) is 20.8 Å². The molecule has 0 bridgehead atoms. The van der Waals surface area contributed by atoms with Gasteiger partial charge >= 0.3 is 11.9 Å². The lowest BCUT2D eigenvalue weighted by Gasteiger charge is -2.03. The first-order valence-electron chi connectivity index (χ1n) is 6.22. The fourth-order valence-corrected chi connectivity index (χ4v) is 2.26. The molecule has 3 aromatic rings. The summed E-state index contributed by atoms with van der Waals surface area (Å²) in [4.78, 5) is 26.7. The third-order valence-corrected chi connectivity index (χ3v) is 3.20. The molecule has 2 aromatic heterocycles. The van der Waals surface area contributed by atoms with Crippen LogP contribution in [-0.4, -0.2) is 31.5 Å². The number of imidazole rings is 1. The van der Waals surface area contributed by atoms with Crippen molar-refractivity contribution in [1.82, 2.24) is 9.38 Å². The molecule has 0 fully saturated rings. The van der Waals surface area contributed by atoms with Crippen LogP contribution in [0.3, 0.4) is 0 Å². The summed E-state index contributed by atoms with van der Waals surface area (Å²) in [6.45, 7) is 0. The molecule has 2 N–H and O–H groups in total. The molecule has 0 saturated heterocycles. The van der Waals surface area contributed by atoms with Crippen LogP contribution in [0, 0.1) is 5.82 Å². The number of aromatic nitrogens is 2. The van der Waals surface area contributed by atoms with Crippen molar-refractivity contribution >= 4 is 17.5 Å². The van der Waals surface area contributed by atoms with E-state index in [4.69, 9.17) is 0 Å². The number of hydrogen-bond acceptors (Lipinski definition) is 3. The molecular weight excluding hydrogens is 291 g/mol. The maximum absolute atomic E-state index is 13.0. The second-order valence-corrected chi connectivity index (χ2v) is 4.54. The summed E-state index contributed by atoms with van der Waals surface area (Å²) in [7, 11) is 0. The summed E-state index contributed by atoms with van der Waals surface area (Å²) in [5.41, 5.74) is -0.0636. The maximum atomic E-state index is 13.0. The molecule has 0 spiro atoms. The first-order chi connectivity index (χ1) is 10.5. The van der Waals surface area contributed by atoms with Crippen molar-refractivity contribution < 1.29 is 24.2 Å². The molecule has 0 amide bonds. The molecule has 0 saturated carbocycles. The van der Waals surface area contributed by atoms with Crippen molar-refractivity contribution in [2.45, 2.75) is 0 Å². The lowest BCUT2D eigenvalue weighted by Crippen LogP contribution is -2.04. The van der Waals surface area contributed by atoms with E-state index in [0.717, 1.165) is 0 Å². The zero-order chi connectivity index (χ0) is 15.9. The van der Waals surface area contributed by atoms with E-state index in [9.17, 15) is 24.2 Å². The third kappa shape index (κ3) is 2.08. The van der Waals surface area contributed by atoms with Gasteiger partial charge in [0.1, 0.15) is 11.6 Å². The van der Waals surface area contributed by atoms with E-state index in [1.54, 1.807) is 0 Å². The Morgan fingerprint density at radius 3 is 2.32 bits per heavy atom. The van der Waals surface area contributed by atoms with Gasteiger partial charge in [0.2, 0.25) is 0 Å². The van der Waals surface area contributed by atoms with Gasteiger partial charge in [0.05, 0.1) is 11.1 Å². The molecule has 6 nitrogen and oxygen atoms in total. The highest BCUT2D eigenvalue weighted by molar-refractivity contribution is 6.04. The average molecular weight is 300 g/mol. The normalized spacial score (nSPS) is 10.8. The minimum Gasteiger partial charge on any atom is -0.478 e. The van der Waals surface area contributed by atoms with Gasteiger partial charge in [-0.1, -0.05) is 0 Å². The second-order valence-electron chi connectivity index (χ2n) is 4.54. The van der Waals surface area contributed by atoms with Crippen molar-refractivity contribution in [3.63, 3.8) is 0 Å². The van der Waals surface area contributed by atoms with Crippen LogP contribution in [0.5, 0.6) is 0 Å². The highest BCUT2D eigenvalue weighted by Gasteiger charge is 2.22. The summed E-state index contributed by atoms with van der Waals surface area (Å²) in [6.07, 6.45) is 1.51. The minimum atomic E-state index is -1.33. The van der Waals surface area contributed by atoms with E-state index in [-0.39, 0.29) is 22.6 Å². The van der Waals surface area contributed by atoms with Gasteiger partial charge in [-0.2, -0.15) is 0 Å². The van der Waals surface area contributed by atoms with Crippen molar-refractivity contribution in [1.29, 1.82) is 0 Å². The van der Waals surface area contributed by atoms with Crippen LogP contribution in [0.2, 0.25) is 0 Å². The van der Waals surface area contributed by atoms with Crippen LogP contribution in [0.4, 0.5) is 4.39 Å². The van der Waals surface area contributed by atoms with E-state index < -0.39 is 17.8 Å². The number of nitrogens with zero attached hydrogens (tertiary/aromatic N) is 2. The van der Waals surface area contributed by atoms with E-state index in [0.29, 0.717) is 5.56 Å². The summed E-state index contributed by atoms with van der Waals surface area (Å²) in [6, 6.07) is 8.12. The first-order valence-corrected chi connectivity index (χ1v) is 6.22. The Kier molecular flexibility index (Phi) is 3.10. The van der Waals surface area contributed by atoms with E-state index in [2.05, 4.69) is 4.98 Å². The third-order valence-electron chi connectivity index (χ3n) is 3.20. The number of halogens is 1. The van der Waals surface area contributed by atoms with Gasteiger partial charge in [0.25, 0.3) is 0 Å². The highest BCUT2D eigenvalue weighted by atomic mass is 19.1. The number of fused-ring (bicyclic) bond motifs is 1. The van der Waals surface area contributed by atoms with Crippen molar-refractivity contribution in [2.75, 3.05) is 0 Å². The molecule has 3 rings (SSSR count). The van der Waals surface area contributed by atoms with Gasteiger partial charge in [0.15, 0.2) is 5.69 Å². The molecule has 0 radical (unpaired) electrons. The topological polar surface area (TPSA) is 91.9 Å². The fourth-order valence-electron chi connectivity index (χ4n) is 2.26. The summed E-state index contributed by atoms with van der Waals surface area (Å²) in [5, 5.41) is 18.5. The Hall–Kier alpha value is -3.22. The van der Waals surface area contributed by atoms with E-state index >= 15 is 0 Å². The van der Waals surface area contributed by atoms with Gasteiger partial charge in [-0.15, -0.1) is 0 Å². The number of carbonyl (C=O) groups is 2. The average Bonchev–Trinajstić information content (AvgIpc) is 2.87. The predicted molar refractivity (Wildman–Crippen MR) is 74.5 cm³/mol. The maximum Gasteiger partial charge on any atom is 0.356 e. The molecule has 7 heteroatoms. The molecule has 0 aliphatic carbocycles. The van der Waals surface area contributed by atoms with Gasteiger partial charge in [-0.05, 0) is 36.4 Å². The molecular formula is C15H9FN2O4. The van der Waals surface area contributed by atoms with Crippen LogP contribution in [-0.2, 0) is 0 Å². The molecule has 0 aliphatic rings.